The van der Waals surface area contributed by atoms with Gasteiger partial charge in [-0.05, 0) is 42.3 Å². The molecule has 0 aliphatic carbocycles. The van der Waals surface area contributed by atoms with Crippen molar-refractivity contribution in [2.45, 2.75) is 17.9 Å². The van der Waals surface area contributed by atoms with Crippen LogP contribution in [0.1, 0.15) is 6.92 Å². The van der Waals surface area contributed by atoms with E-state index in [1.54, 1.807) is 38.4 Å². The summed E-state index contributed by atoms with van der Waals surface area (Å²) in [6, 6.07) is 14.4. The van der Waals surface area contributed by atoms with Gasteiger partial charge < -0.3 is 4.74 Å². The number of thiol groups is 1. The number of hydrogen-bond donors (Lipinski definition) is 1. The lowest BCUT2D eigenvalue weighted by atomic mass is 10.1. The van der Waals surface area contributed by atoms with Crippen molar-refractivity contribution in [3.8, 4) is 16.9 Å². The second kappa shape index (κ2) is 7.38. The molecule has 0 aliphatic heterocycles. The molecule has 124 valence electrons. The minimum Gasteiger partial charge on any atom is -0.497 e. The standard InChI is InChI=1S/C17H21NO3S2/c1-13(12-22)18(2)23(19,20)17-9-7-14(8-10-17)15-5-4-6-16(11-15)21-3/h4-11,13,22H,12H2,1-3H3/t13-/m1/s1. The number of methoxy groups -OCH3 is 1. The lowest BCUT2D eigenvalue weighted by molar-refractivity contribution is 0.415. The van der Waals surface area contributed by atoms with Gasteiger partial charge in [0, 0.05) is 18.8 Å². The number of sulfonamides is 1. The second-order valence-electron chi connectivity index (χ2n) is 5.31. The summed E-state index contributed by atoms with van der Waals surface area (Å²) >= 11 is 4.16. The normalized spacial score (nSPS) is 13.1. The highest BCUT2D eigenvalue weighted by molar-refractivity contribution is 7.89. The Morgan fingerprint density at radius 1 is 1.13 bits per heavy atom. The molecule has 2 aromatic carbocycles. The summed E-state index contributed by atoms with van der Waals surface area (Å²) in [6.45, 7) is 1.83. The first-order valence-corrected chi connectivity index (χ1v) is 9.30. The van der Waals surface area contributed by atoms with Crippen molar-refractivity contribution in [1.82, 2.24) is 4.31 Å². The Hall–Kier alpha value is -1.50. The zero-order chi connectivity index (χ0) is 17.0. The van der Waals surface area contributed by atoms with Gasteiger partial charge in [-0.3, -0.25) is 0 Å². The van der Waals surface area contributed by atoms with Crippen molar-refractivity contribution in [3.63, 3.8) is 0 Å². The maximum atomic E-state index is 12.6. The van der Waals surface area contributed by atoms with Crippen molar-refractivity contribution in [2.75, 3.05) is 19.9 Å². The molecule has 0 N–H and O–H groups in total. The molecule has 0 bridgehead atoms. The number of rotatable bonds is 6. The largest absolute Gasteiger partial charge is 0.497 e. The highest BCUT2D eigenvalue weighted by atomic mass is 32.2. The van der Waals surface area contributed by atoms with Crippen LogP contribution in [0.4, 0.5) is 0 Å². The molecule has 2 aromatic rings. The van der Waals surface area contributed by atoms with Gasteiger partial charge in [-0.2, -0.15) is 16.9 Å². The van der Waals surface area contributed by atoms with E-state index in [2.05, 4.69) is 12.6 Å². The molecule has 2 rings (SSSR count). The van der Waals surface area contributed by atoms with Crippen molar-refractivity contribution in [2.24, 2.45) is 0 Å². The van der Waals surface area contributed by atoms with Gasteiger partial charge in [-0.25, -0.2) is 8.42 Å². The molecule has 0 saturated carbocycles. The summed E-state index contributed by atoms with van der Waals surface area (Å²) < 4.78 is 31.7. The SMILES string of the molecule is COc1cccc(-c2ccc(S(=O)(=O)N(C)[C@H](C)CS)cc2)c1. The lowest BCUT2D eigenvalue weighted by Crippen LogP contribution is -2.36. The fraction of sp³-hybridized carbons (Fsp3) is 0.294. The average molecular weight is 351 g/mol. The van der Waals surface area contributed by atoms with E-state index in [0.717, 1.165) is 16.9 Å². The Bertz CT molecular complexity index is 758. The van der Waals surface area contributed by atoms with Crippen molar-refractivity contribution in [3.05, 3.63) is 48.5 Å². The van der Waals surface area contributed by atoms with Crippen molar-refractivity contribution in [1.29, 1.82) is 0 Å². The minimum absolute atomic E-state index is 0.165. The van der Waals surface area contributed by atoms with Crippen molar-refractivity contribution >= 4 is 22.7 Å². The molecule has 0 aliphatic rings. The van der Waals surface area contributed by atoms with Gasteiger partial charge in [0.15, 0.2) is 0 Å². The quantitative estimate of drug-likeness (QED) is 0.812. The maximum absolute atomic E-state index is 12.6. The van der Waals surface area contributed by atoms with Gasteiger partial charge in [0.05, 0.1) is 12.0 Å². The van der Waals surface area contributed by atoms with E-state index in [4.69, 9.17) is 4.74 Å². The number of ether oxygens (including phenoxy) is 1. The van der Waals surface area contributed by atoms with E-state index in [9.17, 15) is 8.42 Å². The van der Waals surface area contributed by atoms with E-state index >= 15 is 0 Å². The summed E-state index contributed by atoms with van der Waals surface area (Å²) in [5.41, 5.74) is 1.91. The van der Waals surface area contributed by atoms with Gasteiger partial charge >= 0.3 is 0 Å². The van der Waals surface area contributed by atoms with Crippen LogP contribution in [-0.2, 0) is 10.0 Å². The molecule has 0 radical (unpaired) electrons. The summed E-state index contributed by atoms with van der Waals surface area (Å²) in [4.78, 5) is 0.278. The molecule has 0 unspecified atom stereocenters. The smallest absolute Gasteiger partial charge is 0.243 e. The average Bonchev–Trinajstić information content (AvgIpc) is 2.60. The van der Waals surface area contributed by atoms with Crippen LogP contribution < -0.4 is 4.74 Å². The van der Waals surface area contributed by atoms with Crippen LogP contribution in [0.15, 0.2) is 53.4 Å². The molecule has 0 saturated heterocycles. The van der Waals surface area contributed by atoms with Crippen LogP contribution in [-0.4, -0.2) is 38.7 Å². The van der Waals surface area contributed by atoms with Crippen LogP contribution in [0.3, 0.4) is 0 Å². The molecule has 0 spiro atoms. The fourth-order valence-corrected chi connectivity index (χ4v) is 3.86. The molecule has 0 amide bonds. The Morgan fingerprint density at radius 2 is 1.78 bits per heavy atom. The van der Waals surface area contributed by atoms with E-state index < -0.39 is 10.0 Å². The van der Waals surface area contributed by atoms with Crippen LogP contribution in [0, 0.1) is 0 Å². The topological polar surface area (TPSA) is 46.6 Å². The van der Waals surface area contributed by atoms with Gasteiger partial charge in [-0.15, -0.1) is 0 Å². The molecule has 23 heavy (non-hydrogen) atoms. The van der Waals surface area contributed by atoms with E-state index in [-0.39, 0.29) is 10.9 Å². The molecular formula is C17H21NO3S2. The summed E-state index contributed by atoms with van der Waals surface area (Å²) in [5.74, 6) is 1.24. The van der Waals surface area contributed by atoms with E-state index in [1.165, 1.54) is 4.31 Å². The van der Waals surface area contributed by atoms with E-state index in [1.807, 2.05) is 31.2 Å². The van der Waals surface area contributed by atoms with Gasteiger partial charge in [0.1, 0.15) is 5.75 Å². The Balaban J connectivity index is 2.32. The van der Waals surface area contributed by atoms with Gasteiger partial charge in [0.2, 0.25) is 10.0 Å². The predicted molar refractivity (Wildman–Crippen MR) is 96.7 cm³/mol. The predicted octanol–water partition coefficient (Wildman–Crippen LogP) is 3.30. The van der Waals surface area contributed by atoms with Crippen LogP contribution >= 0.6 is 12.6 Å². The highest BCUT2D eigenvalue weighted by Gasteiger charge is 2.24. The third kappa shape index (κ3) is 3.88. The van der Waals surface area contributed by atoms with Gasteiger partial charge in [-0.1, -0.05) is 24.3 Å². The number of benzene rings is 2. The minimum atomic E-state index is -3.50. The van der Waals surface area contributed by atoms with Crippen LogP contribution in [0.5, 0.6) is 5.75 Å². The Labute approximate surface area is 143 Å². The first kappa shape index (κ1) is 17.8. The number of hydrogen-bond acceptors (Lipinski definition) is 4. The zero-order valence-electron chi connectivity index (χ0n) is 13.4. The van der Waals surface area contributed by atoms with Crippen molar-refractivity contribution < 1.29 is 13.2 Å². The zero-order valence-corrected chi connectivity index (χ0v) is 15.1. The van der Waals surface area contributed by atoms with Crippen LogP contribution in [0.25, 0.3) is 11.1 Å². The molecule has 4 nitrogen and oxygen atoms in total. The molecule has 6 heteroatoms. The van der Waals surface area contributed by atoms with E-state index in [0.29, 0.717) is 5.75 Å². The molecule has 0 heterocycles. The first-order chi connectivity index (χ1) is 10.9. The molecule has 0 aromatic heterocycles. The lowest BCUT2D eigenvalue weighted by Gasteiger charge is -2.22. The summed E-state index contributed by atoms with van der Waals surface area (Å²) in [5, 5.41) is 0. The monoisotopic (exact) mass is 351 g/mol. The highest BCUT2D eigenvalue weighted by Crippen LogP contribution is 2.26. The summed E-state index contributed by atoms with van der Waals surface area (Å²) in [6.07, 6.45) is 0. The summed E-state index contributed by atoms with van der Waals surface area (Å²) in [7, 11) is -0.308. The fourth-order valence-electron chi connectivity index (χ4n) is 2.14. The number of nitrogens with zero attached hydrogens (tertiary/aromatic N) is 1. The molecular weight excluding hydrogens is 330 g/mol. The third-order valence-corrected chi connectivity index (χ3v) is 6.33. The van der Waals surface area contributed by atoms with Gasteiger partial charge in [0.25, 0.3) is 0 Å². The first-order valence-electron chi connectivity index (χ1n) is 7.23. The second-order valence-corrected chi connectivity index (χ2v) is 7.67. The molecule has 1 atom stereocenters. The van der Waals surface area contributed by atoms with Crippen LogP contribution in [0.2, 0.25) is 0 Å². The Kier molecular flexibility index (Phi) is 5.73. The third-order valence-electron chi connectivity index (χ3n) is 3.82. The Morgan fingerprint density at radius 3 is 2.35 bits per heavy atom. The molecule has 0 fully saturated rings. The maximum Gasteiger partial charge on any atom is 0.243 e.